The molecule has 0 amide bonds. The summed E-state index contributed by atoms with van der Waals surface area (Å²) in [7, 11) is 0. The maximum absolute atomic E-state index is 8.68. The zero-order valence-electron chi connectivity index (χ0n) is 2.76. The second-order valence-corrected chi connectivity index (χ2v) is 0.204. The van der Waals surface area contributed by atoms with Crippen LogP contribution < -0.4 is 0 Å². The molecule has 0 atom stereocenters. The molecule has 0 aliphatic heterocycles. The second-order valence-electron chi connectivity index (χ2n) is 0.204. The zero-order valence-corrected chi connectivity index (χ0v) is 3.87. The summed E-state index contributed by atoms with van der Waals surface area (Å²) in [4.78, 5) is 8.68. The van der Waals surface area contributed by atoms with Crippen molar-refractivity contribution in [2.75, 3.05) is 0 Å². The van der Waals surface area contributed by atoms with Crippen molar-refractivity contribution in [3.8, 4) is 0 Å². The van der Waals surface area contributed by atoms with Crippen LogP contribution in [0.15, 0.2) is 0 Å². The van der Waals surface area contributed by atoms with Crippen LogP contribution in [0, 0.1) is 0 Å². The van der Waals surface area contributed by atoms with Crippen LogP contribution in [0.2, 0.25) is 0 Å². The maximum Gasteiger partial charge on any atom is 0 e. The molecule has 0 fully saturated rings. The minimum Gasteiger partial charge on any atom is -0.542 e. The quantitative estimate of drug-likeness (QED) is 0.305. The van der Waals surface area contributed by atoms with E-state index in [1.165, 1.54) is 13.2 Å². The fourth-order valence-corrected chi connectivity index (χ4v) is 0. The molecule has 2 N–H and O–H groups in total. The first-order valence-electron chi connectivity index (χ1n) is 0.704. The van der Waals surface area contributed by atoms with Crippen LogP contribution in [0.1, 0.15) is 6.92 Å². The largest absolute Gasteiger partial charge is 0.542 e. The van der Waals surface area contributed by atoms with Crippen LogP contribution in [-0.4, -0.2) is 11.8 Å². The molecule has 0 spiro atoms. The third-order valence-corrected chi connectivity index (χ3v) is 0. The van der Waals surface area contributed by atoms with Crippen LogP contribution in [0.25, 0.3) is 0 Å². The molecule has 0 aliphatic carbocycles. The SMILES string of the molecule is C[C-]=O.O.[Fe]. The van der Waals surface area contributed by atoms with E-state index in [1.54, 1.807) is 0 Å². The number of carbonyl (C=O) groups excluding carboxylic acids is 1. The molecule has 0 aromatic heterocycles. The maximum atomic E-state index is 8.68. The molecule has 0 saturated heterocycles. The van der Waals surface area contributed by atoms with Gasteiger partial charge in [-0.15, -0.1) is 0 Å². The molecule has 0 aliphatic rings. The van der Waals surface area contributed by atoms with Crippen molar-refractivity contribution in [2.45, 2.75) is 6.92 Å². The molecule has 0 bridgehead atoms. The minimum atomic E-state index is 0. The van der Waals surface area contributed by atoms with E-state index in [2.05, 4.69) is 0 Å². The normalized spacial score (nSPS) is 2.60. The molecule has 0 radical (unpaired) electrons. The van der Waals surface area contributed by atoms with Gasteiger partial charge in [-0.25, -0.2) is 0 Å². The number of rotatable bonds is 0. The summed E-state index contributed by atoms with van der Waals surface area (Å²) >= 11 is 0. The van der Waals surface area contributed by atoms with E-state index in [4.69, 9.17) is 4.79 Å². The first-order chi connectivity index (χ1) is 1.41. The predicted molar refractivity (Wildman–Crippen MR) is 15.0 cm³/mol. The van der Waals surface area contributed by atoms with E-state index in [0.29, 0.717) is 0 Å². The molecule has 0 heterocycles. The summed E-state index contributed by atoms with van der Waals surface area (Å²) in [5.74, 6) is 0. The average molecular weight is 117 g/mol. The van der Waals surface area contributed by atoms with Gasteiger partial charge in [-0.05, 0) is 0 Å². The Balaban J connectivity index is -0.0000000200. The average Bonchev–Trinajstić information content (AvgIpc) is 0.918. The Morgan fingerprint density at radius 3 is 1.60 bits per heavy atom. The van der Waals surface area contributed by atoms with Crippen LogP contribution in [-0.2, 0) is 21.9 Å². The van der Waals surface area contributed by atoms with Crippen molar-refractivity contribution in [3.63, 3.8) is 0 Å². The van der Waals surface area contributed by atoms with Crippen molar-refractivity contribution in [1.82, 2.24) is 0 Å². The Morgan fingerprint density at radius 1 is 1.60 bits per heavy atom. The summed E-state index contributed by atoms with van der Waals surface area (Å²) in [6, 6.07) is 0. The van der Waals surface area contributed by atoms with E-state index in [0.717, 1.165) is 0 Å². The van der Waals surface area contributed by atoms with Gasteiger partial charge in [-0.2, -0.15) is 6.92 Å². The first-order valence-corrected chi connectivity index (χ1v) is 0.704. The van der Waals surface area contributed by atoms with Gasteiger partial charge in [0.25, 0.3) is 0 Å². The van der Waals surface area contributed by atoms with Crippen molar-refractivity contribution < 1.29 is 27.3 Å². The molecule has 0 unspecified atom stereocenters. The summed E-state index contributed by atoms with van der Waals surface area (Å²) < 4.78 is 0. The summed E-state index contributed by atoms with van der Waals surface area (Å²) in [5.41, 5.74) is 0. The molecule has 0 aromatic rings. The van der Waals surface area contributed by atoms with Crippen LogP contribution >= 0.6 is 0 Å². The molecule has 0 saturated carbocycles. The van der Waals surface area contributed by atoms with Crippen molar-refractivity contribution >= 4 is 6.29 Å². The van der Waals surface area contributed by atoms with E-state index in [-0.39, 0.29) is 22.5 Å². The van der Waals surface area contributed by atoms with Crippen LogP contribution in [0.4, 0.5) is 0 Å². The van der Waals surface area contributed by atoms with E-state index < -0.39 is 0 Å². The van der Waals surface area contributed by atoms with Gasteiger partial charge in [0.05, 0.1) is 0 Å². The summed E-state index contributed by atoms with van der Waals surface area (Å²) in [6.45, 7) is 1.32. The molecule has 5 heavy (non-hydrogen) atoms. The smallest absolute Gasteiger partial charge is 0 e. The van der Waals surface area contributed by atoms with Gasteiger partial charge < -0.3 is 10.3 Å². The summed E-state index contributed by atoms with van der Waals surface area (Å²) in [6.07, 6.45) is 1.50. The van der Waals surface area contributed by atoms with Gasteiger partial charge in [0, 0.05) is 17.1 Å². The number of hydrogen-bond acceptors (Lipinski definition) is 1. The van der Waals surface area contributed by atoms with Crippen molar-refractivity contribution in [2.24, 2.45) is 0 Å². The molecule has 3 heteroatoms. The second kappa shape index (κ2) is 31.2. The van der Waals surface area contributed by atoms with E-state index in [9.17, 15) is 0 Å². The third-order valence-electron chi connectivity index (χ3n) is 0. The minimum absolute atomic E-state index is 0. The van der Waals surface area contributed by atoms with Gasteiger partial charge in [0.15, 0.2) is 0 Å². The topological polar surface area (TPSA) is 48.6 Å². The standard InChI is InChI=1S/C2H3O.Fe.H2O/c1-2-3;;/h1H3;;1H2/q-1;;. The molecule has 2 nitrogen and oxygen atoms in total. The monoisotopic (exact) mass is 117 g/mol. The van der Waals surface area contributed by atoms with Gasteiger partial charge in [0.1, 0.15) is 0 Å². The third kappa shape index (κ3) is 858. The van der Waals surface area contributed by atoms with Crippen LogP contribution in [0.5, 0.6) is 0 Å². The molecular weight excluding hydrogens is 112 g/mol. The van der Waals surface area contributed by atoms with Crippen LogP contribution in [0.3, 0.4) is 0 Å². The van der Waals surface area contributed by atoms with Gasteiger partial charge in [-0.3, -0.25) is 6.29 Å². The Kier molecular flexibility index (Phi) is 120. The van der Waals surface area contributed by atoms with Crippen molar-refractivity contribution in [3.05, 3.63) is 0 Å². The Morgan fingerprint density at radius 2 is 1.60 bits per heavy atom. The zero-order chi connectivity index (χ0) is 2.71. The Bertz CT molecular complexity index is 15.1. The Hall–Kier alpha value is 0.149. The fraction of sp³-hybridized carbons (Fsp3) is 0.500. The van der Waals surface area contributed by atoms with Gasteiger partial charge in [-0.1, -0.05) is 0 Å². The molecular formula is C2H5FeO2-. The number of hydrogen-bond donors (Lipinski definition) is 0. The van der Waals surface area contributed by atoms with E-state index in [1.807, 2.05) is 0 Å². The fourth-order valence-electron chi connectivity index (χ4n) is 0. The van der Waals surface area contributed by atoms with Gasteiger partial charge >= 0.3 is 0 Å². The predicted octanol–water partition coefficient (Wildman–Crippen LogP) is -0.711. The van der Waals surface area contributed by atoms with Gasteiger partial charge in [0.2, 0.25) is 0 Å². The first kappa shape index (κ1) is 19.2. The van der Waals surface area contributed by atoms with Crippen molar-refractivity contribution in [1.29, 1.82) is 0 Å². The van der Waals surface area contributed by atoms with E-state index >= 15 is 0 Å². The molecule has 34 valence electrons. The molecule has 0 rings (SSSR count). The summed E-state index contributed by atoms with van der Waals surface area (Å²) in [5, 5.41) is 0. The molecule has 0 aromatic carbocycles. The Labute approximate surface area is 41.3 Å².